The number of nitrogens with zero attached hydrogens (tertiary/aromatic N) is 4. The van der Waals surface area contributed by atoms with Gasteiger partial charge in [-0.25, -0.2) is 9.59 Å². The highest BCUT2D eigenvalue weighted by molar-refractivity contribution is 8.00. The van der Waals surface area contributed by atoms with Crippen LogP contribution in [0.2, 0.25) is 0 Å². The number of carboxylic acids is 1. The Kier molecular flexibility index (Phi) is 7.42. The SMILES string of the molecule is O=C(NCC1CN(C(CCCC2SCC3NC(CO)=NC32)C(=O)O)N=N1)c1cc2ccccc2oc1=O. The van der Waals surface area contributed by atoms with E-state index in [1.807, 2.05) is 11.8 Å². The summed E-state index contributed by atoms with van der Waals surface area (Å²) in [6.45, 7) is 0.265. The summed E-state index contributed by atoms with van der Waals surface area (Å²) in [6, 6.07) is 7.51. The molecule has 1 fully saturated rings. The van der Waals surface area contributed by atoms with Crippen LogP contribution in [-0.2, 0) is 4.79 Å². The number of fused-ring (bicyclic) bond motifs is 2. The number of hydrogen-bond donors (Lipinski definition) is 4. The van der Waals surface area contributed by atoms with E-state index >= 15 is 0 Å². The van der Waals surface area contributed by atoms with Crippen LogP contribution < -0.4 is 16.3 Å². The number of carboxylic acid groups (broad SMARTS) is 1. The number of aliphatic imine (C=N–C) groups is 1. The van der Waals surface area contributed by atoms with E-state index in [1.165, 1.54) is 11.1 Å². The van der Waals surface area contributed by atoms with Gasteiger partial charge in [0, 0.05) is 22.9 Å². The summed E-state index contributed by atoms with van der Waals surface area (Å²) >= 11 is 1.83. The predicted octanol–water partition coefficient (Wildman–Crippen LogP) is 1.04. The highest BCUT2D eigenvalue weighted by atomic mass is 32.2. The molecule has 12 nitrogen and oxygen atoms in total. The van der Waals surface area contributed by atoms with Crippen LogP contribution >= 0.6 is 11.8 Å². The number of thioether (sulfide) groups is 1. The van der Waals surface area contributed by atoms with Crippen molar-refractivity contribution in [1.29, 1.82) is 0 Å². The number of aliphatic hydroxyl groups is 1. The lowest BCUT2D eigenvalue weighted by Crippen LogP contribution is -2.41. The third-order valence-corrected chi connectivity index (χ3v) is 8.31. The first-order valence-corrected chi connectivity index (χ1v) is 13.2. The van der Waals surface area contributed by atoms with Gasteiger partial charge in [0.05, 0.1) is 18.6 Å². The summed E-state index contributed by atoms with van der Waals surface area (Å²) in [6.07, 6.45) is 1.91. The number of aliphatic carboxylic acids is 1. The molecule has 0 bridgehead atoms. The van der Waals surface area contributed by atoms with Crippen molar-refractivity contribution in [3.8, 4) is 0 Å². The molecule has 0 saturated carbocycles. The number of amides is 1. The molecule has 0 spiro atoms. The van der Waals surface area contributed by atoms with E-state index in [0.717, 1.165) is 12.2 Å². The zero-order valence-electron chi connectivity index (χ0n) is 19.9. The minimum Gasteiger partial charge on any atom is -0.480 e. The van der Waals surface area contributed by atoms with Gasteiger partial charge in [-0.05, 0) is 31.4 Å². The molecule has 1 saturated heterocycles. The largest absolute Gasteiger partial charge is 0.480 e. The van der Waals surface area contributed by atoms with Crippen LogP contribution in [-0.4, -0.2) is 87.8 Å². The van der Waals surface area contributed by atoms with Crippen molar-refractivity contribution in [2.75, 3.05) is 25.4 Å². The third-order valence-electron chi connectivity index (χ3n) is 6.81. The van der Waals surface area contributed by atoms with Crippen molar-refractivity contribution in [2.24, 2.45) is 15.3 Å². The topological polar surface area (TPSA) is 169 Å². The number of hydrogen-bond acceptors (Lipinski definition) is 11. The molecule has 5 atom stereocenters. The molecule has 196 valence electrons. The number of carbonyl (C=O) groups excluding carboxylic acids is 1. The molecular weight excluding hydrogens is 500 g/mol. The average Bonchev–Trinajstić information content (AvgIpc) is 3.61. The fourth-order valence-electron chi connectivity index (χ4n) is 4.92. The molecule has 3 aliphatic heterocycles. The summed E-state index contributed by atoms with van der Waals surface area (Å²) in [5.41, 5.74) is -0.429. The van der Waals surface area contributed by atoms with E-state index in [4.69, 9.17) is 4.42 Å². The van der Waals surface area contributed by atoms with Crippen molar-refractivity contribution >= 4 is 40.4 Å². The van der Waals surface area contributed by atoms with Gasteiger partial charge in [0.1, 0.15) is 35.7 Å². The van der Waals surface area contributed by atoms with E-state index < -0.39 is 29.6 Å². The van der Waals surface area contributed by atoms with Gasteiger partial charge >= 0.3 is 11.6 Å². The van der Waals surface area contributed by atoms with E-state index in [1.54, 1.807) is 24.3 Å². The van der Waals surface area contributed by atoms with E-state index in [0.29, 0.717) is 29.6 Å². The summed E-state index contributed by atoms with van der Waals surface area (Å²) in [5, 5.41) is 35.6. The third kappa shape index (κ3) is 5.47. The monoisotopic (exact) mass is 528 g/mol. The molecule has 0 radical (unpaired) electrons. The molecule has 5 rings (SSSR count). The molecule has 1 aromatic heterocycles. The molecule has 5 unspecified atom stereocenters. The Labute approximate surface area is 216 Å². The van der Waals surface area contributed by atoms with Gasteiger partial charge in [0.2, 0.25) is 0 Å². The van der Waals surface area contributed by atoms with Gasteiger partial charge in [0.25, 0.3) is 5.91 Å². The highest BCUT2D eigenvalue weighted by Gasteiger charge is 2.41. The lowest BCUT2D eigenvalue weighted by atomic mass is 10.0. The van der Waals surface area contributed by atoms with E-state index in [-0.39, 0.29) is 42.6 Å². The fourth-order valence-corrected chi connectivity index (χ4v) is 6.43. The molecule has 3 aliphatic rings. The zero-order valence-corrected chi connectivity index (χ0v) is 20.8. The number of carbonyl (C=O) groups is 2. The first-order valence-electron chi connectivity index (χ1n) is 12.2. The summed E-state index contributed by atoms with van der Waals surface area (Å²) in [7, 11) is 0. The standard InChI is InChI=1S/C24H28N6O6S/c31-11-20-26-16-12-37-19(21(16)27-20)7-3-5-17(23(33)34)30-10-14(28-29-30)9-25-22(32)15-8-13-4-1-2-6-18(13)36-24(15)35/h1-2,4,6,8,14,16-17,19,21,31H,3,5,7,9-12H2,(H,25,32)(H,26,27)(H,33,34). The van der Waals surface area contributed by atoms with Crippen LogP contribution in [0, 0.1) is 0 Å². The normalized spacial score (nSPS) is 25.1. The van der Waals surface area contributed by atoms with Crippen molar-refractivity contribution in [3.63, 3.8) is 0 Å². The van der Waals surface area contributed by atoms with Crippen molar-refractivity contribution in [2.45, 2.75) is 48.7 Å². The maximum Gasteiger partial charge on any atom is 0.349 e. The van der Waals surface area contributed by atoms with Gasteiger partial charge in [0.15, 0.2) is 0 Å². The maximum atomic E-state index is 12.6. The first kappa shape index (κ1) is 25.2. The van der Waals surface area contributed by atoms with Gasteiger partial charge < -0.3 is 25.3 Å². The Morgan fingerprint density at radius 3 is 2.97 bits per heavy atom. The Bertz CT molecular complexity index is 1300. The Hall–Kier alpha value is -3.45. The Morgan fingerprint density at radius 2 is 2.16 bits per heavy atom. The minimum atomic E-state index is -0.975. The Morgan fingerprint density at radius 1 is 1.32 bits per heavy atom. The second-order valence-electron chi connectivity index (χ2n) is 9.31. The van der Waals surface area contributed by atoms with E-state index in [2.05, 4.69) is 26.0 Å². The molecule has 2 aromatic rings. The average molecular weight is 529 g/mol. The highest BCUT2D eigenvalue weighted by Crippen LogP contribution is 2.35. The van der Waals surface area contributed by atoms with Crippen LogP contribution in [0.1, 0.15) is 29.6 Å². The number of para-hydroxylation sites is 1. The van der Waals surface area contributed by atoms with E-state index in [9.17, 15) is 24.6 Å². The number of amidine groups is 1. The first-order chi connectivity index (χ1) is 17.9. The zero-order chi connectivity index (χ0) is 25.9. The summed E-state index contributed by atoms with van der Waals surface area (Å²) < 4.78 is 5.21. The second-order valence-corrected chi connectivity index (χ2v) is 10.6. The van der Waals surface area contributed by atoms with Gasteiger partial charge in [-0.15, -0.1) is 0 Å². The smallest absolute Gasteiger partial charge is 0.349 e. The van der Waals surface area contributed by atoms with Crippen LogP contribution in [0.15, 0.2) is 54.9 Å². The molecule has 13 heteroatoms. The van der Waals surface area contributed by atoms with Gasteiger partial charge in [-0.2, -0.15) is 16.9 Å². The number of nitrogens with one attached hydrogen (secondary N) is 2. The fraction of sp³-hybridized carbons (Fsp3) is 0.500. The maximum absolute atomic E-state index is 12.6. The Balaban J connectivity index is 1.11. The van der Waals surface area contributed by atoms with Crippen LogP contribution in [0.3, 0.4) is 0 Å². The molecule has 1 aromatic carbocycles. The molecule has 0 aliphatic carbocycles. The molecular formula is C24H28N6O6S. The number of benzene rings is 1. The second kappa shape index (κ2) is 10.9. The van der Waals surface area contributed by atoms with Crippen LogP contribution in [0.4, 0.5) is 0 Å². The van der Waals surface area contributed by atoms with Crippen molar-refractivity contribution < 1.29 is 24.2 Å². The molecule has 37 heavy (non-hydrogen) atoms. The van der Waals surface area contributed by atoms with Crippen LogP contribution in [0.5, 0.6) is 0 Å². The number of aliphatic hydroxyl groups excluding tert-OH is 1. The predicted molar refractivity (Wildman–Crippen MR) is 137 cm³/mol. The number of rotatable bonds is 10. The quantitative estimate of drug-likeness (QED) is 0.329. The van der Waals surface area contributed by atoms with Crippen molar-refractivity contribution in [3.05, 3.63) is 46.3 Å². The summed E-state index contributed by atoms with van der Waals surface area (Å²) in [4.78, 5) is 41.3. The van der Waals surface area contributed by atoms with Gasteiger partial charge in [-0.3, -0.25) is 14.8 Å². The minimum absolute atomic E-state index is 0.0945. The molecule has 4 heterocycles. The molecule has 4 N–H and O–H groups in total. The lowest BCUT2D eigenvalue weighted by Gasteiger charge is -2.23. The lowest BCUT2D eigenvalue weighted by molar-refractivity contribution is -0.143. The van der Waals surface area contributed by atoms with Gasteiger partial charge in [-0.1, -0.05) is 23.4 Å². The van der Waals surface area contributed by atoms with Crippen LogP contribution in [0.25, 0.3) is 11.0 Å². The molecule has 1 amide bonds. The summed E-state index contributed by atoms with van der Waals surface area (Å²) in [5.74, 6) is -0.0125. The van der Waals surface area contributed by atoms with Crippen molar-refractivity contribution in [1.82, 2.24) is 15.6 Å².